The lowest BCUT2D eigenvalue weighted by Gasteiger charge is -2.21. The van der Waals surface area contributed by atoms with Crippen molar-refractivity contribution in [3.63, 3.8) is 0 Å². The summed E-state index contributed by atoms with van der Waals surface area (Å²) in [5.74, 6) is -1.36. The summed E-state index contributed by atoms with van der Waals surface area (Å²) < 4.78 is 0.943. The van der Waals surface area contributed by atoms with Crippen LogP contribution in [0, 0.1) is 11.3 Å². The minimum Gasteiger partial charge on any atom is -0.324 e. The fraction of sp³-hybridized carbons (Fsp3) is 0.158. The first-order valence-corrected chi connectivity index (χ1v) is 9.67. The van der Waals surface area contributed by atoms with Gasteiger partial charge in [0.15, 0.2) is 11.7 Å². The van der Waals surface area contributed by atoms with Gasteiger partial charge in [-0.3, -0.25) is 9.59 Å². The number of aromatic nitrogens is 1. The highest BCUT2D eigenvalue weighted by atomic mass is 32.2. The van der Waals surface area contributed by atoms with Crippen molar-refractivity contribution in [3.05, 3.63) is 53.0 Å². The Balaban J connectivity index is 1.69. The number of anilines is 1. The molecule has 1 aromatic heterocycles. The number of hydrogen-bond donors (Lipinski definition) is 1. The number of ketones is 1. The molecule has 0 radical (unpaired) electrons. The standard InChI is InChI=1S/C19H13N3O2S2/c1-10-18(24)21-14-8-11(6-7-16(14)25-10)17(23)12(9-20)19-22-13-4-2-3-5-15(13)26-19/h2-8,10,12H,1H3,(H,21,24)/t10-,12+/m1/s1. The first-order chi connectivity index (χ1) is 12.6. The zero-order valence-corrected chi connectivity index (χ0v) is 15.4. The Hall–Kier alpha value is -2.69. The summed E-state index contributed by atoms with van der Waals surface area (Å²) in [4.78, 5) is 30.1. The number of benzene rings is 2. The Morgan fingerprint density at radius 2 is 2.12 bits per heavy atom. The molecule has 5 nitrogen and oxygen atoms in total. The molecule has 0 fully saturated rings. The summed E-state index contributed by atoms with van der Waals surface area (Å²) in [6.45, 7) is 1.83. The van der Waals surface area contributed by atoms with Gasteiger partial charge in [0.2, 0.25) is 5.91 Å². The van der Waals surface area contributed by atoms with Crippen molar-refractivity contribution in [2.75, 3.05) is 5.32 Å². The van der Waals surface area contributed by atoms with E-state index in [4.69, 9.17) is 0 Å². The number of fused-ring (bicyclic) bond motifs is 2. The van der Waals surface area contributed by atoms with E-state index in [-0.39, 0.29) is 16.9 Å². The highest BCUT2D eigenvalue weighted by molar-refractivity contribution is 8.00. The van der Waals surface area contributed by atoms with Crippen molar-refractivity contribution in [1.29, 1.82) is 5.26 Å². The van der Waals surface area contributed by atoms with E-state index in [2.05, 4.69) is 16.4 Å². The number of nitriles is 1. The van der Waals surface area contributed by atoms with E-state index in [1.54, 1.807) is 12.1 Å². The van der Waals surface area contributed by atoms with Crippen LogP contribution in [-0.4, -0.2) is 21.9 Å². The van der Waals surface area contributed by atoms with Gasteiger partial charge in [-0.25, -0.2) is 4.98 Å². The molecule has 0 bridgehead atoms. The van der Waals surface area contributed by atoms with Gasteiger partial charge in [-0.2, -0.15) is 5.26 Å². The first kappa shape index (κ1) is 16.8. The molecule has 2 atom stereocenters. The Morgan fingerprint density at radius 3 is 2.88 bits per heavy atom. The lowest BCUT2D eigenvalue weighted by atomic mass is 9.99. The van der Waals surface area contributed by atoms with Gasteiger partial charge in [0, 0.05) is 10.5 Å². The van der Waals surface area contributed by atoms with Gasteiger partial charge in [-0.1, -0.05) is 18.2 Å². The first-order valence-electron chi connectivity index (χ1n) is 7.97. The van der Waals surface area contributed by atoms with Crippen LogP contribution in [0.25, 0.3) is 10.2 Å². The van der Waals surface area contributed by atoms with Crippen LogP contribution in [-0.2, 0) is 4.79 Å². The summed E-state index contributed by atoms with van der Waals surface area (Å²) >= 11 is 2.81. The van der Waals surface area contributed by atoms with E-state index in [1.165, 1.54) is 23.1 Å². The molecular weight excluding hydrogens is 366 g/mol. The van der Waals surface area contributed by atoms with Crippen molar-refractivity contribution < 1.29 is 9.59 Å². The normalized spacial score (nSPS) is 17.2. The van der Waals surface area contributed by atoms with E-state index in [9.17, 15) is 14.9 Å². The molecule has 0 saturated heterocycles. The van der Waals surface area contributed by atoms with Crippen LogP contribution in [0.3, 0.4) is 0 Å². The van der Waals surface area contributed by atoms with Crippen LogP contribution >= 0.6 is 23.1 Å². The fourth-order valence-corrected chi connectivity index (χ4v) is 4.71. The number of nitrogens with one attached hydrogen (secondary N) is 1. The quantitative estimate of drug-likeness (QED) is 0.689. The number of hydrogen-bond acceptors (Lipinski definition) is 6. The lowest BCUT2D eigenvalue weighted by molar-refractivity contribution is -0.115. The van der Waals surface area contributed by atoms with Gasteiger partial charge < -0.3 is 5.32 Å². The van der Waals surface area contributed by atoms with Gasteiger partial charge >= 0.3 is 0 Å². The van der Waals surface area contributed by atoms with Crippen molar-refractivity contribution in [2.24, 2.45) is 0 Å². The van der Waals surface area contributed by atoms with Gasteiger partial charge in [-0.05, 0) is 31.2 Å². The predicted octanol–water partition coefficient (Wildman–Crippen LogP) is 4.22. The third-order valence-electron chi connectivity index (χ3n) is 4.14. The fourth-order valence-electron chi connectivity index (χ4n) is 2.77. The van der Waals surface area contributed by atoms with Crippen LogP contribution < -0.4 is 5.32 Å². The highest BCUT2D eigenvalue weighted by Crippen LogP contribution is 2.37. The molecule has 0 saturated carbocycles. The van der Waals surface area contributed by atoms with E-state index in [0.29, 0.717) is 16.3 Å². The average Bonchev–Trinajstić information content (AvgIpc) is 3.06. The summed E-state index contributed by atoms with van der Waals surface area (Å²) in [5.41, 5.74) is 1.79. The van der Waals surface area contributed by atoms with E-state index in [1.807, 2.05) is 37.3 Å². The van der Waals surface area contributed by atoms with Gasteiger partial charge in [0.1, 0.15) is 5.01 Å². The maximum atomic E-state index is 12.9. The molecule has 1 N–H and O–H groups in total. The van der Waals surface area contributed by atoms with E-state index >= 15 is 0 Å². The van der Waals surface area contributed by atoms with Crippen LogP contribution in [0.4, 0.5) is 5.69 Å². The number of carbonyl (C=O) groups is 2. The van der Waals surface area contributed by atoms with Gasteiger partial charge in [0.05, 0.1) is 27.2 Å². The zero-order valence-electron chi connectivity index (χ0n) is 13.7. The number of thiazole rings is 1. The summed E-state index contributed by atoms with van der Waals surface area (Å²) in [5, 5.41) is 12.7. The van der Waals surface area contributed by atoms with Crippen LogP contribution in [0.1, 0.15) is 28.2 Å². The second kappa shape index (κ2) is 6.56. The van der Waals surface area contributed by atoms with Crippen molar-refractivity contribution >= 4 is 50.7 Å². The molecule has 2 aromatic carbocycles. The second-order valence-corrected chi connectivity index (χ2v) is 8.35. The number of carbonyl (C=O) groups excluding carboxylic acids is 2. The molecule has 7 heteroatoms. The molecular formula is C19H13N3O2S2. The largest absolute Gasteiger partial charge is 0.324 e. The summed E-state index contributed by atoms with van der Waals surface area (Å²) in [7, 11) is 0. The van der Waals surface area contributed by atoms with Crippen LogP contribution in [0.2, 0.25) is 0 Å². The molecule has 1 aliphatic rings. The average molecular weight is 379 g/mol. The van der Waals surface area contributed by atoms with Crippen molar-refractivity contribution in [2.45, 2.75) is 23.0 Å². The number of rotatable bonds is 3. The molecule has 2 heterocycles. The molecule has 128 valence electrons. The summed E-state index contributed by atoms with van der Waals surface area (Å²) in [6.07, 6.45) is 0. The lowest BCUT2D eigenvalue weighted by Crippen LogP contribution is -2.26. The Bertz CT molecular complexity index is 1050. The molecule has 0 aliphatic carbocycles. The number of para-hydroxylation sites is 1. The molecule has 0 unspecified atom stereocenters. The number of thioether (sulfide) groups is 1. The van der Waals surface area contributed by atoms with Crippen molar-refractivity contribution in [3.8, 4) is 6.07 Å². The third-order valence-corrected chi connectivity index (χ3v) is 6.42. The van der Waals surface area contributed by atoms with E-state index in [0.717, 1.165) is 15.1 Å². The van der Waals surface area contributed by atoms with E-state index < -0.39 is 5.92 Å². The predicted molar refractivity (Wildman–Crippen MR) is 103 cm³/mol. The highest BCUT2D eigenvalue weighted by Gasteiger charge is 2.28. The Labute approximate surface area is 158 Å². The number of Topliss-reactive ketones (excluding diaryl/α,β-unsaturated/α-hetero) is 1. The monoisotopic (exact) mass is 379 g/mol. The Kier molecular flexibility index (Phi) is 4.23. The van der Waals surface area contributed by atoms with Gasteiger partial charge in [-0.15, -0.1) is 23.1 Å². The minimum absolute atomic E-state index is 0.0879. The summed E-state index contributed by atoms with van der Waals surface area (Å²) in [6, 6.07) is 14.8. The molecule has 0 spiro atoms. The second-order valence-electron chi connectivity index (χ2n) is 5.91. The van der Waals surface area contributed by atoms with Gasteiger partial charge in [0.25, 0.3) is 0 Å². The molecule has 1 amide bonds. The topological polar surface area (TPSA) is 82.8 Å². The zero-order chi connectivity index (χ0) is 18.3. The maximum Gasteiger partial charge on any atom is 0.237 e. The molecule has 4 rings (SSSR count). The van der Waals surface area contributed by atoms with Crippen LogP contribution in [0.5, 0.6) is 0 Å². The van der Waals surface area contributed by atoms with Crippen molar-refractivity contribution in [1.82, 2.24) is 4.98 Å². The number of amides is 1. The molecule has 3 aromatic rings. The smallest absolute Gasteiger partial charge is 0.237 e. The third kappa shape index (κ3) is 2.87. The van der Waals surface area contributed by atoms with Crippen LogP contribution in [0.15, 0.2) is 47.4 Å². The Morgan fingerprint density at radius 1 is 1.31 bits per heavy atom. The maximum absolute atomic E-state index is 12.9. The number of nitrogens with zero attached hydrogens (tertiary/aromatic N) is 2. The minimum atomic E-state index is -0.962. The molecule has 26 heavy (non-hydrogen) atoms. The SMILES string of the molecule is C[C@H]1Sc2ccc(C(=O)[C@H](C#N)c3nc4ccccc4s3)cc2NC1=O. The molecule has 1 aliphatic heterocycles.